The predicted octanol–water partition coefficient (Wildman–Crippen LogP) is 3.03. The van der Waals surface area contributed by atoms with Gasteiger partial charge in [-0.05, 0) is 55.4 Å². The molecule has 3 aliphatic rings. The number of rotatable bonds is 1. The van der Waals surface area contributed by atoms with Crippen LogP contribution in [0.2, 0.25) is 19.6 Å². The second-order valence-electron chi connectivity index (χ2n) is 9.81. The molecule has 0 saturated heterocycles. The summed E-state index contributed by atoms with van der Waals surface area (Å²) >= 11 is 0. The van der Waals surface area contributed by atoms with Crippen molar-refractivity contribution < 1.29 is 9.53 Å². The number of nitrogens with two attached hydrogens (primary N) is 1. The van der Waals surface area contributed by atoms with E-state index >= 15 is 0 Å². The van der Waals surface area contributed by atoms with E-state index in [1.807, 2.05) is 0 Å². The summed E-state index contributed by atoms with van der Waals surface area (Å²) in [7, 11) is 2.02. The van der Waals surface area contributed by atoms with Crippen LogP contribution in [0.1, 0.15) is 42.4 Å². The van der Waals surface area contributed by atoms with Gasteiger partial charge >= 0.3 is 0 Å². The molecule has 29 heavy (non-hydrogen) atoms. The molecule has 1 amide bonds. The molecule has 1 atom stereocenters. The molecule has 2 N–H and O–H groups in total. The van der Waals surface area contributed by atoms with Crippen molar-refractivity contribution in [2.75, 3.05) is 14.2 Å². The third-order valence-corrected chi connectivity index (χ3v) is 7.72. The van der Waals surface area contributed by atoms with Crippen LogP contribution in [0.5, 0.6) is 0 Å². The lowest BCUT2D eigenvalue weighted by atomic mass is 9.61. The SMILES string of the molecule is COC1CCC2(CC1)Cc1ccc(C#C[Si](C)(C)C)cc1C21N=C(N)N(C)C1=O. The first-order valence-corrected chi connectivity index (χ1v) is 13.9. The Morgan fingerprint density at radius 1 is 1.28 bits per heavy atom. The lowest BCUT2D eigenvalue weighted by Gasteiger charge is -2.45. The summed E-state index contributed by atoms with van der Waals surface area (Å²) in [4.78, 5) is 20.0. The number of ether oxygens (including phenoxy) is 1. The number of carbonyl (C=O) groups is 1. The highest BCUT2D eigenvalue weighted by atomic mass is 28.3. The molecular weight excluding hydrogens is 378 g/mol. The largest absolute Gasteiger partial charge is 0.381 e. The van der Waals surface area contributed by atoms with Gasteiger partial charge in [-0.25, -0.2) is 4.99 Å². The number of amides is 1. The fraction of sp³-hybridized carbons (Fsp3) is 0.565. The van der Waals surface area contributed by atoms with Crippen molar-refractivity contribution in [1.29, 1.82) is 0 Å². The lowest BCUT2D eigenvalue weighted by Crippen LogP contribution is -2.51. The molecule has 2 spiro atoms. The van der Waals surface area contributed by atoms with Gasteiger partial charge in [0.1, 0.15) is 8.07 Å². The molecule has 1 unspecified atom stereocenters. The van der Waals surface area contributed by atoms with E-state index in [0.29, 0.717) is 5.96 Å². The molecule has 1 fully saturated rings. The van der Waals surface area contributed by atoms with Crippen LogP contribution in [0.3, 0.4) is 0 Å². The van der Waals surface area contributed by atoms with Gasteiger partial charge in [-0.3, -0.25) is 9.69 Å². The molecule has 5 nitrogen and oxygen atoms in total. The highest BCUT2D eigenvalue weighted by Crippen LogP contribution is 2.61. The lowest BCUT2D eigenvalue weighted by molar-refractivity contribution is -0.137. The van der Waals surface area contributed by atoms with Gasteiger partial charge in [0, 0.05) is 25.1 Å². The summed E-state index contributed by atoms with van der Waals surface area (Å²) in [6, 6.07) is 6.35. The van der Waals surface area contributed by atoms with Crippen LogP contribution in [0, 0.1) is 16.9 Å². The fourth-order valence-electron chi connectivity index (χ4n) is 5.26. The van der Waals surface area contributed by atoms with Gasteiger partial charge < -0.3 is 10.5 Å². The van der Waals surface area contributed by atoms with Crippen molar-refractivity contribution in [3.63, 3.8) is 0 Å². The highest BCUT2D eigenvalue weighted by molar-refractivity contribution is 6.83. The van der Waals surface area contributed by atoms with Crippen molar-refractivity contribution in [3.05, 3.63) is 34.9 Å². The molecule has 0 aromatic heterocycles. The third kappa shape index (κ3) is 3.03. The summed E-state index contributed by atoms with van der Waals surface area (Å²) < 4.78 is 5.60. The number of nitrogens with zero attached hydrogens (tertiary/aromatic N) is 2. The van der Waals surface area contributed by atoms with Gasteiger partial charge in [-0.1, -0.05) is 31.6 Å². The second-order valence-corrected chi connectivity index (χ2v) is 14.6. The molecule has 1 aliphatic heterocycles. The normalized spacial score (nSPS) is 31.1. The summed E-state index contributed by atoms with van der Waals surface area (Å²) in [6.45, 7) is 6.70. The Morgan fingerprint density at radius 3 is 2.52 bits per heavy atom. The van der Waals surface area contributed by atoms with E-state index in [9.17, 15) is 4.79 Å². The zero-order valence-corrected chi connectivity index (χ0v) is 19.1. The van der Waals surface area contributed by atoms with E-state index in [0.717, 1.165) is 43.2 Å². The monoisotopic (exact) mass is 409 g/mol. The zero-order valence-electron chi connectivity index (χ0n) is 18.1. The molecule has 0 radical (unpaired) electrons. The molecule has 6 heteroatoms. The number of benzene rings is 1. The van der Waals surface area contributed by atoms with Crippen LogP contribution in [-0.4, -0.2) is 45.1 Å². The van der Waals surface area contributed by atoms with Crippen molar-refractivity contribution in [1.82, 2.24) is 4.90 Å². The maximum Gasteiger partial charge on any atom is 0.262 e. The van der Waals surface area contributed by atoms with Gasteiger partial charge in [0.15, 0.2) is 11.5 Å². The van der Waals surface area contributed by atoms with Crippen LogP contribution in [0.15, 0.2) is 23.2 Å². The number of methoxy groups -OCH3 is 1. The van der Waals surface area contributed by atoms with E-state index in [-0.39, 0.29) is 17.4 Å². The number of aliphatic imine (C=N–C) groups is 1. The smallest absolute Gasteiger partial charge is 0.262 e. The molecule has 1 aromatic rings. The molecule has 0 bridgehead atoms. The van der Waals surface area contributed by atoms with Crippen LogP contribution >= 0.6 is 0 Å². The van der Waals surface area contributed by atoms with Crippen molar-refractivity contribution in [2.45, 2.75) is 63.4 Å². The second kappa shape index (κ2) is 6.71. The molecule has 4 rings (SSSR count). The van der Waals surface area contributed by atoms with E-state index in [2.05, 4.69) is 49.3 Å². The van der Waals surface area contributed by atoms with Crippen molar-refractivity contribution in [3.8, 4) is 11.5 Å². The Hall–Kier alpha value is -2.10. The Labute approximate surface area is 174 Å². The first-order chi connectivity index (χ1) is 13.6. The molecular formula is C23H31N3O2Si. The van der Waals surface area contributed by atoms with Crippen molar-refractivity contribution in [2.24, 2.45) is 16.1 Å². The first-order valence-electron chi connectivity index (χ1n) is 10.4. The maximum atomic E-state index is 13.6. The Morgan fingerprint density at radius 2 is 1.97 bits per heavy atom. The molecule has 1 heterocycles. The quantitative estimate of drug-likeness (QED) is 0.573. The Balaban J connectivity index is 1.85. The van der Waals surface area contributed by atoms with E-state index in [1.54, 1.807) is 14.2 Å². The first kappa shape index (κ1) is 20.2. The third-order valence-electron chi connectivity index (χ3n) is 6.84. The summed E-state index contributed by atoms with van der Waals surface area (Å²) in [6.07, 6.45) is 4.83. The van der Waals surface area contributed by atoms with Crippen LogP contribution in [-0.2, 0) is 21.5 Å². The van der Waals surface area contributed by atoms with E-state index in [4.69, 9.17) is 15.5 Å². The minimum Gasteiger partial charge on any atom is -0.381 e. The molecule has 154 valence electrons. The van der Waals surface area contributed by atoms with Gasteiger partial charge in [0.25, 0.3) is 5.91 Å². The molecule has 2 aliphatic carbocycles. The standard InChI is InChI=1S/C23H31N3O2Si/c1-26-20(27)23(25-21(26)24)19-14-16(10-13-29(3,4)5)6-7-17(19)15-22(23)11-8-18(28-2)9-12-22/h6-7,14,18H,8-9,11-12,15H2,1-5H3,(H2,24,25). The average molecular weight is 410 g/mol. The maximum absolute atomic E-state index is 13.6. The summed E-state index contributed by atoms with van der Waals surface area (Å²) in [5, 5.41) is 0. The minimum absolute atomic E-state index is 0.0000718. The molecule has 1 aromatic carbocycles. The van der Waals surface area contributed by atoms with Crippen molar-refractivity contribution >= 4 is 19.9 Å². The predicted molar refractivity (Wildman–Crippen MR) is 118 cm³/mol. The van der Waals surface area contributed by atoms with Crippen LogP contribution in [0.4, 0.5) is 0 Å². The van der Waals surface area contributed by atoms with Gasteiger partial charge in [0.05, 0.1) is 6.10 Å². The highest BCUT2D eigenvalue weighted by Gasteiger charge is 2.66. The fourth-order valence-corrected chi connectivity index (χ4v) is 5.78. The van der Waals surface area contributed by atoms with Gasteiger partial charge in [-0.15, -0.1) is 5.54 Å². The Bertz CT molecular complexity index is 945. The number of likely N-dealkylation sites (N-methyl/N-ethyl adjacent to an activating group) is 1. The molecule has 1 saturated carbocycles. The number of hydrogen-bond donors (Lipinski definition) is 1. The van der Waals surface area contributed by atoms with Crippen LogP contribution < -0.4 is 5.73 Å². The van der Waals surface area contributed by atoms with E-state index < -0.39 is 13.6 Å². The number of fused-ring (bicyclic) bond motifs is 3. The average Bonchev–Trinajstić information content (AvgIpc) is 3.07. The summed E-state index contributed by atoms with van der Waals surface area (Å²) in [5.74, 6) is 3.67. The minimum atomic E-state index is -1.49. The van der Waals surface area contributed by atoms with Gasteiger partial charge in [-0.2, -0.15) is 0 Å². The number of hydrogen-bond acceptors (Lipinski definition) is 4. The van der Waals surface area contributed by atoms with E-state index in [1.165, 1.54) is 10.5 Å². The number of guanidine groups is 1. The van der Waals surface area contributed by atoms with Gasteiger partial charge in [0.2, 0.25) is 0 Å². The Kier molecular flexibility index (Phi) is 4.67. The summed E-state index contributed by atoms with van der Waals surface area (Å²) in [5.41, 5.74) is 11.6. The topological polar surface area (TPSA) is 67.9 Å². The van der Waals surface area contributed by atoms with Crippen LogP contribution in [0.25, 0.3) is 0 Å². The zero-order chi connectivity index (χ0) is 21.0. The number of carbonyl (C=O) groups excluding carboxylic acids is 1.